The first kappa shape index (κ1) is 23.4. The van der Waals surface area contributed by atoms with Crippen molar-refractivity contribution in [2.24, 2.45) is 0 Å². The van der Waals surface area contributed by atoms with E-state index in [9.17, 15) is 9.59 Å². The van der Waals surface area contributed by atoms with Crippen LogP contribution in [0.2, 0.25) is 0 Å². The van der Waals surface area contributed by atoms with Gasteiger partial charge in [-0.25, -0.2) is 4.79 Å². The summed E-state index contributed by atoms with van der Waals surface area (Å²) in [6.45, 7) is 4.19. The van der Waals surface area contributed by atoms with Crippen LogP contribution in [0, 0.1) is 0 Å². The van der Waals surface area contributed by atoms with Crippen LogP contribution in [0.5, 0.6) is 11.5 Å². The minimum absolute atomic E-state index is 0.217. The molecule has 0 unspecified atom stereocenters. The molecule has 0 saturated carbocycles. The maximum atomic E-state index is 13.1. The molecule has 1 aliphatic rings. The summed E-state index contributed by atoms with van der Waals surface area (Å²) in [4.78, 5) is 27.1. The molecular weight excluding hydrogens is 432 g/mol. The average molecular weight is 463 g/mol. The lowest BCUT2D eigenvalue weighted by Gasteiger charge is -2.10. The lowest BCUT2D eigenvalue weighted by atomic mass is 10.1. The number of anilines is 1. The molecule has 34 heavy (non-hydrogen) atoms. The molecule has 0 spiro atoms. The van der Waals surface area contributed by atoms with Crippen molar-refractivity contribution in [3.63, 3.8) is 0 Å². The number of Topliss-reactive ketones (excluding diaryl/α,β-unsaturated/α-hetero) is 1. The van der Waals surface area contributed by atoms with E-state index in [1.165, 1.54) is 0 Å². The van der Waals surface area contributed by atoms with Gasteiger partial charge in [-0.15, -0.1) is 0 Å². The number of ketones is 1. The molecule has 8 nitrogen and oxygen atoms in total. The second-order valence-electron chi connectivity index (χ2n) is 8.45. The van der Waals surface area contributed by atoms with Crippen LogP contribution in [-0.4, -0.2) is 55.6 Å². The predicted molar refractivity (Wildman–Crippen MR) is 134 cm³/mol. The minimum Gasteiger partial charge on any atom is -0.497 e. The number of nitrogens with one attached hydrogen (secondary N) is 2. The number of carbonyl (C=O) groups is 2. The van der Waals surface area contributed by atoms with Crippen LogP contribution in [-0.2, 0) is 6.54 Å². The molecule has 2 N–H and O–H groups in total. The Balaban J connectivity index is 1.64. The lowest BCUT2D eigenvalue weighted by Crippen LogP contribution is -2.28. The highest BCUT2D eigenvalue weighted by atomic mass is 16.5. The van der Waals surface area contributed by atoms with E-state index in [1.807, 2.05) is 25.1 Å². The highest BCUT2D eigenvalue weighted by Gasteiger charge is 2.28. The van der Waals surface area contributed by atoms with Crippen LogP contribution < -0.4 is 20.1 Å². The predicted octanol–water partition coefficient (Wildman–Crippen LogP) is 4.36. The summed E-state index contributed by atoms with van der Waals surface area (Å²) in [6.07, 6.45) is 4.83. The fraction of sp³-hybridized carbons (Fsp3) is 0.308. The van der Waals surface area contributed by atoms with Gasteiger partial charge in [0.1, 0.15) is 11.5 Å². The molecule has 4 rings (SSSR count). The molecular formula is C26H30N4O4. The van der Waals surface area contributed by atoms with Gasteiger partial charge in [-0.05, 0) is 76.5 Å². The molecule has 0 atom stereocenters. The van der Waals surface area contributed by atoms with Crippen LogP contribution in [0.4, 0.5) is 10.5 Å². The number of nitrogens with zero attached hydrogens (tertiary/aromatic N) is 2. The summed E-state index contributed by atoms with van der Waals surface area (Å²) in [7, 11) is 5.76. The lowest BCUT2D eigenvalue weighted by molar-refractivity contribution is 0.101. The Kier molecular flexibility index (Phi) is 6.88. The van der Waals surface area contributed by atoms with Crippen molar-refractivity contribution in [2.45, 2.75) is 19.9 Å². The maximum absolute atomic E-state index is 13.1. The van der Waals surface area contributed by atoms with Crippen LogP contribution in [0.3, 0.4) is 0 Å². The van der Waals surface area contributed by atoms with Crippen molar-refractivity contribution in [2.75, 3.05) is 39.6 Å². The third-order valence-electron chi connectivity index (χ3n) is 5.67. The van der Waals surface area contributed by atoms with Gasteiger partial charge in [0.25, 0.3) is 0 Å². The Morgan fingerprint density at radius 2 is 2.03 bits per heavy atom. The van der Waals surface area contributed by atoms with Crippen LogP contribution in [0.15, 0.2) is 48.4 Å². The number of ether oxygens (including phenoxy) is 2. The smallest absolute Gasteiger partial charge is 0.319 e. The van der Waals surface area contributed by atoms with Crippen molar-refractivity contribution in [3.05, 3.63) is 59.5 Å². The summed E-state index contributed by atoms with van der Waals surface area (Å²) < 4.78 is 13.5. The first-order chi connectivity index (χ1) is 16.4. The third kappa shape index (κ3) is 4.92. The van der Waals surface area contributed by atoms with Gasteiger partial charge in [0.15, 0.2) is 5.76 Å². The Morgan fingerprint density at radius 3 is 2.76 bits per heavy atom. The highest BCUT2D eigenvalue weighted by molar-refractivity contribution is 6.15. The summed E-state index contributed by atoms with van der Waals surface area (Å²) in [5.41, 5.74) is 2.91. The number of amides is 2. The minimum atomic E-state index is -0.319. The van der Waals surface area contributed by atoms with Crippen molar-refractivity contribution in [1.82, 2.24) is 14.8 Å². The zero-order valence-electron chi connectivity index (χ0n) is 20.0. The standard InChI is InChI=1S/C26H30N4O4/c1-5-27-26(32)28-18-7-10-23-21(14-18)25(31)24(34-23)13-17-16-30(12-6-11-29(2)3)22-9-8-19(33-4)15-20(17)22/h7-10,13-16H,5-6,11-12H2,1-4H3,(H2,27,28,32)/b24-13-. The van der Waals surface area contributed by atoms with Gasteiger partial charge in [-0.3, -0.25) is 4.79 Å². The number of benzene rings is 2. The summed E-state index contributed by atoms with van der Waals surface area (Å²) in [6, 6.07) is 10.7. The van der Waals surface area contributed by atoms with E-state index in [0.717, 1.165) is 41.7 Å². The molecule has 2 aromatic carbocycles. The van der Waals surface area contributed by atoms with Crippen LogP contribution >= 0.6 is 0 Å². The Hall–Kier alpha value is -3.78. The first-order valence-electron chi connectivity index (χ1n) is 11.3. The molecule has 1 aromatic heterocycles. The van der Waals surface area contributed by atoms with E-state index in [2.05, 4.69) is 40.4 Å². The number of fused-ring (bicyclic) bond motifs is 2. The SMILES string of the molecule is CCNC(=O)Nc1ccc2c(c1)C(=O)/C(=C/c1cn(CCCN(C)C)c3ccc(OC)cc13)O2. The number of allylic oxidation sites excluding steroid dienone is 1. The largest absolute Gasteiger partial charge is 0.497 e. The number of hydrogen-bond acceptors (Lipinski definition) is 5. The molecule has 8 heteroatoms. The number of methoxy groups -OCH3 is 1. The second-order valence-corrected chi connectivity index (χ2v) is 8.45. The third-order valence-corrected chi connectivity index (χ3v) is 5.67. The summed E-state index contributed by atoms with van der Waals surface area (Å²) in [5.74, 6) is 1.26. The second kappa shape index (κ2) is 10.0. The number of urea groups is 1. The van der Waals surface area contributed by atoms with Crippen LogP contribution in [0.25, 0.3) is 17.0 Å². The summed E-state index contributed by atoms with van der Waals surface area (Å²) in [5, 5.41) is 6.39. The molecule has 0 bridgehead atoms. The molecule has 178 valence electrons. The zero-order valence-corrected chi connectivity index (χ0v) is 20.0. The van der Waals surface area contributed by atoms with Crippen molar-refractivity contribution >= 4 is 34.5 Å². The zero-order chi connectivity index (χ0) is 24.2. The monoisotopic (exact) mass is 462 g/mol. The molecule has 0 aliphatic carbocycles. The number of aromatic nitrogens is 1. The topological polar surface area (TPSA) is 84.8 Å². The van der Waals surface area contributed by atoms with E-state index >= 15 is 0 Å². The number of hydrogen-bond donors (Lipinski definition) is 2. The van der Waals surface area contributed by atoms with Gasteiger partial charge < -0.3 is 29.6 Å². The maximum Gasteiger partial charge on any atom is 0.319 e. The summed E-state index contributed by atoms with van der Waals surface area (Å²) >= 11 is 0. The van der Waals surface area contributed by atoms with Gasteiger partial charge in [0.2, 0.25) is 5.78 Å². The molecule has 0 saturated heterocycles. The molecule has 0 radical (unpaired) electrons. The van der Waals surface area contributed by atoms with Crippen LogP contribution in [0.1, 0.15) is 29.3 Å². The van der Waals surface area contributed by atoms with E-state index in [4.69, 9.17) is 9.47 Å². The molecule has 2 amide bonds. The Labute approximate surface area is 199 Å². The van der Waals surface area contributed by atoms with Gasteiger partial charge in [-0.2, -0.15) is 0 Å². The van der Waals surface area contributed by atoms with E-state index in [1.54, 1.807) is 31.4 Å². The van der Waals surface area contributed by atoms with Gasteiger partial charge in [0, 0.05) is 41.4 Å². The van der Waals surface area contributed by atoms with Gasteiger partial charge in [-0.1, -0.05) is 0 Å². The Morgan fingerprint density at radius 1 is 1.21 bits per heavy atom. The first-order valence-corrected chi connectivity index (χ1v) is 11.3. The van der Waals surface area contributed by atoms with Gasteiger partial charge >= 0.3 is 6.03 Å². The molecule has 1 aliphatic heterocycles. The van der Waals surface area contributed by atoms with Crippen molar-refractivity contribution in [1.29, 1.82) is 0 Å². The molecule has 0 fully saturated rings. The molecule has 2 heterocycles. The average Bonchev–Trinajstić information content (AvgIpc) is 3.30. The van der Waals surface area contributed by atoms with E-state index < -0.39 is 0 Å². The molecule has 3 aromatic rings. The normalized spacial score (nSPS) is 13.9. The van der Waals surface area contributed by atoms with Crippen molar-refractivity contribution < 1.29 is 19.1 Å². The van der Waals surface area contributed by atoms with Crippen molar-refractivity contribution in [3.8, 4) is 11.5 Å². The highest BCUT2D eigenvalue weighted by Crippen LogP contribution is 2.35. The Bertz CT molecular complexity index is 1260. The fourth-order valence-corrected chi connectivity index (χ4v) is 4.03. The van der Waals surface area contributed by atoms with Gasteiger partial charge in [0.05, 0.1) is 12.7 Å². The number of aryl methyl sites for hydroxylation is 1. The number of carbonyl (C=O) groups excluding carboxylic acids is 2. The quantitative estimate of drug-likeness (QED) is 0.486. The fourth-order valence-electron chi connectivity index (χ4n) is 4.03. The number of rotatable bonds is 8. The van der Waals surface area contributed by atoms with E-state index in [0.29, 0.717) is 23.5 Å². The van der Waals surface area contributed by atoms with E-state index in [-0.39, 0.29) is 17.6 Å².